The number of carbonyl (C=O) groups excluding carboxylic acids is 1. The van der Waals surface area contributed by atoms with Crippen molar-refractivity contribution >= 4 is 17.5 Å². The van der Waals surface area contributed by atoms with E-state index >= 15 is 0 Å². The van der Waals surface area contributed by atoms with Crippen LogP contribution in [0.1, 0.15) is 25.3 Å². The lowest BCUT2D eigenvalue weighted by Gasteiger charge is -2.25. The Bertz CT molecular complexity index is 938. The Kier molecular flexibility index (Phi) is 6.31. The molecular weight excluding hydrogens is 378 g/mol. The molecule has 0 aliphatic heterocycles. The van der Waals surface area contributed by atoms with Gasteiger partial charge in [0.05, 0.1) is 17.1 Å². The summed E-state index contributed by atoms with van der Waals surface area (Å²) >= 11 is 6.18. The molecule has 0 spiro atoms. The molecular formula is C21H22ClN3O3. The lowest BCUT2D eigenvalue weighted by molar-refractivity contribution is -0.136. The van der Waals surface area contributed by atoms with Gasteiger partial charge in [-0.1, -0.05) is 41.4 Å². The average Bonchev–Trinajstić information content (AvgIpc) is 3.14. The van der Waals surface area contributed by atoms with Crippen LogP contribution in [-0.4, -0.2) is 33.7 Å². The molecule has 3 aromatic rings. The van der Waals surface area contributed by atoms with Gasteiger partial charge in [0.15, 0.2) is 6.61 Å². The molecule has 3 rings (SSSR count). The van der Waals surface area contributed by atoms with Gasteiger partial charge in [-0.3, -0.25) is 4.79 Å². The van der Waals surface area contributed by atoms with Crippen LogP contribution in [0.2, 0.25) is 5.02 Å². The molecule has 0 aliphatic carbocycles. The van der Waals surface area contributed by atoms with Crippen molar-refractivity contribution in [2.75, 3.05) is 6.61 Å². The minimum absolute atomic E-state index is 0.0511. The SMILES string of the molecule is Cc1ccc(OCC(=O)N(Cc2nnc(-c3ccccc3Cl)o2)C(C)C)cc1. The molecule has 0 saturated heterocycles. The van der Waals surface area contributed by atoms with E-state index < -0.39 is 0 Å². The van der Waals surface area contributed by atoms with Crippen molar-refractivity contribution in [2.45, 2.75) is 33.4 Å². The monoisotopic (exact) mass is 399 g/mol. The largest absolute Gasteiger partial charge is 0.484 e. The predicted molar refractivity (Wildman–Crippen MR) is 107 cm³/mol. The van der Waals surface area contributed by atoms with Gasteiger partial charge in [0, 0.05) is 6.04 Å². The minimum atomic E-state index is -0.159. The van der Waals surface area contributed by atoms with Crippen molar-refractivity contribution in [1.29, 1.82) is 0 Å². The zero-order valence-electron chi connectivity index (χ0n) is 16.1. The fourth-order valence-corrected chi connectivity index (χ4v) is 2.84. The van der Waals surface area contributed by atoms with Crippen molar-refractivity contribution in [2.24, 2.45) is 0 Å². The maximum atomic E-state index is 12.7. The first-order chi connectivity index (χ1) is 13.4. The third-order valence-electron chi connectivity index (χ3n) is 4.20. The highest BCUT2D eigenvalue weighted by Crippen LogP contribution is 2.26. The lowest BCUT2D eigenvalue weighted by atomic mass is 10.2. The van der Waals surface area contributed by atoms with Gasteiger partial charge in [-0.25, -0.2) is 0 Å². The fourth-order valence-electron chi connectivity index (χ4n) is 2.63. The lowest BCUT2D eigenvalue weighted by Crippen LogP contribution is -2.39. The molecule has 28 heavy (non-hydrogen) atoms. The van der Waals surface area contributed by atoms with Crippen molar-refractivity contribution in [1.82, 2.24) is 15.1 Å². The van der Waals surface area contributed by atoms with Crippen LogP contribution in [0.15, 0.2) is 52.9 Å². The Morgan fingerprint density at radius 1 is 1.14 bits per heavy atom. The van der Waals surface area contributed by atoms with E-state index in [-0.39, 0.29) is 25.1 Å². The van der Waals surface area contributed by atoms with Crippen LogP contribution in [0.5, 0.6) is 5.75 Å². The molecule has 0 fully saturated rings. The number of rotatable bonds is 7. The Morgan fingerprint density at radius 3 is 2.54 bits per heavy atom. The van der Waals surface area contributed by atoms with Crippen molar-refractivity contribution in [3.05, 3.63) is 65.0 Å². The van der Waals surface area contributed by atoms with Crippen molar-refractivity contribution < 1.29 is 13.9 Å². The highest BCUT2D eigenvalue weighted by Gasteiger charge is 2.21. The van der Waals surface area contributed by atoms with E-state index in [1.807, 2.05) is 57.2 Å². The molecule has 0 aliphatic rings. The van der Waals surface area contributed by atoms with E-state index in [9.17, 15) is 4.79 Å². The smallest absolute Gasteiger partial charge is 0.261 e. The molecule has 0 saturated carbocycles. The zero-order valence-corrected chi connectivity index (χ0v) is 16.8. The fraction of sp³-hybridized carbons (Fsp3) is 0.286. The van der Waals surface area contributed by atoms with Crippen LogP contribution in [0.4, 0.5) is 0 Å². The molecule has 0 N–H and O–H groups in total. The molecule has 1 aromatic heterocycles. The second-order valence-electron chi connectivity index (χ2n) is 6.70. The molecule has 0 bridgehead atoms. The summed E-state index contributed by atoms with van der Waals surface area (Å²) in [5.74, 6) is 1.16. The summed E-state index contributed by atoms with van der Waals surface area (Å²) in [6.07, 6.45) is 0. The van der Waals surface area contributed by atoms with Gasteiger partial charge in [0.1, 0.15) is 5.75 Å². The number of hydrogen-bond donors (Lipinski definition) is 0. The minimum Gasteiger partial charge on any atom is -0.484 e. The Balaban J connectivity index is 1.67. The summed E-state index contributed by atoms with van der Waals surface area (Å²) in [6, 6.07) is 14.8. The van der Waals surface area contributed by atoms with E-state index in [0.717, 1.165) is 5.56 Å². The zero-order chi connectivity index (χ0) is 20.1. The van der Waals surface area contributed by atoms with Crippen molar-refractivity contribution in [3.63, 3.8) is 0 Å². The summed E-state index contributed by atoms with van der Waals surface area (Å²) in [6.45, 7) is 5.99. The van der Waals surface area contributed by atoms with E-state index in [2.05, 4.69) is 10.2 Å². The molecule has 146 valence electrons. The number of nitrogens with zero attached hydrogens (tertiary/aromatic N) is 3. The predicted octanol–water partition coefficient (Wildman–Crippen LogP) is 4.51. The second kappa shape index (κ2) is 8.89. The number of hydrogen-bond acceptors (Lipinski definition) is 5. The average molecular weight is 400 g/mol. The highest BCUT2D eigenvalue weighted by molar-refractivity contribution is 6.33. The summed E-state index contributed by atoms with van der Waals surface area (Å²) in [7, 11) is 0. The highest BCUT2D eigenvalue weighted by atomic mass is 35.5. The summed E-state index contributed by atoms with van der Waals surface area (Å²) in [4.78, 5) is 14.3. The Hall–Kier alpha value is -2.86. The van der Waals surface area contributed by atoms with Crippen LogP contribution < -0.4 is 4.74 Å². The van der Waals surface area contributed by atoms with E-state index in [4.69, 9.17) is 20.8 Å². The van der Waals surface area contributed by atoms with Crippen LogP contribution in [-0.2, 0) is 11.3 Å². The number of amides is 1. The maximum absolute atomic E-state index is 12.7. The van der Waals surface area contributed by atoms with Gasteiger partial charge in [-0.2, -0.15) is 0 Å². The van der Waals surface area contributed by atoms with Crippen LogP contribution in [0.3, 0.4) is 0 Å². The molecule has 1 amide bonds. The number of aryl methyl sites for hydroxylation is 1. The standard InChI is InChI=1S/C21H22ClN3O3/c1-14(2)25(20(26)13-27-16-10-8-15(3)9-11-16)12-19-23-24-21(28-19)17-6-4-5-7-18(17)22/h4-11,14H,12-13H2,1-3H3. The molecule has 0 atom stereocenters. The van der Waals surface area contributed by atoms with Crippen LogP contribution in [0.25, 0.3) is 11.5 Å². The summed E-state index contributed by atoms with van der Waals surface area (Å²) in [5.41, 5.74) is 1.79. The van der Waals surface area contributed by atoms with Crippen molar-refractivity contribution in [3.8, 4) is 17.2 Å². The molecule has 0 radical (unpaired) electrons. The molecule has 0 unspecified atom stereocenters. The normalized spacial score (nSPS) is 10.9. The number of ether oxygens (including phenoxy) is 1. The third-order valence-corrected chi connectivity index (χ3v) is 4.53. The first-order valence-electron chi connectivity index (χ1n) is 9.00. The number of halogens is 1. The van der Waals surface area contributed by atoms with E-state index in [0.29, 0.717) is 28.1 Å². The van der Waals surface area contributed by atoms with Gasteiger partial charge in [0.2, 0.25) is 11.8 Å². The van der Waals surface area contributed by atoms with E-state index in [1.165, 1.54) is 0 Å². The third kappa shape index (κ3) is 4.89. The maximum Gasteiger partial charge on any atom is 0.261 e. The first kappa shape index (κ1) is 19.9. The van der Waals surface area contributed by atoms with Gasteiger partial charge in [-0.15, -0.1) is 10.2 Å². The quantitative estimate of drug-likeness (QED) is 0.584. The molecule has 2 aromatic carbocycles. The number of benzene rings is 2. The molecule has 1 heterocycles. The topological polar surface area (TPSA) is 68.5 Å². The van der Waals surface area contributed by atoms with Gasteiger partial charge >= 0.3 is 0 Å². The molecule has 6 nitrogen and oxygen atoms in total. The van der Waals surface area contributed by atoms with Gasteiger partial charge in [-0.05, 0) is 45.0 Å². The summed E-state index contributed by atoms with van der Waals surface area (Å²) < 4.78 is 11.3. The number of carbonyl (C=O) groups is 1. The van der Waals surface area contributed by atoms with Crippen LogP contribution >= 0.6 is 11.6 Å². The molecule has 7 heteroatoms. The summed E-state index contributed by atoms with van der Waals surface area (Å²) in [5, 5.41) is 8.64. The van der Waals surface area contributed by atoms with Crippen LogP contribution in [0, 0.1) is 6.92 Å². The Morgan fingerprint density at radius 2 is 1.86 bits per heavy atom. The number of aromatic nitrogens is 2. The van der Waals surface area contributed by atoms with E-state index in [1.54, 1.807) is 17.0 Å². The first-order valence-corrected chi connectivity index (χ1v) is 9.38. The van der Waals surface area contributed by atoms with Gasteiger partial charge < -0.3 is 14.1 Å². The Labute approximate surface area is 169 Å². The second-order valence-corrected chi connectivity index (χ2v) is 7.11. The van der Waals surface area contributed by atoms with Gasteiger partial charge in [0.25, 0.3) is 5.91 Å².